The summed E-state index contributed by atoms with van der Waals surface area (Å²) in [5.74, 6) is 0.763. The molecule has 0 radical (unpaired) electrons. The van der Waals surface area contributed by atoms with Gasteiger partial charge in [0.1, 0.15) is 30.4 Å². The fourth-order valence-corrected chi connectivity index (χ4v) is 3.27. The Morgan fingerprint density at radius 3 is 2.57 bits per heavy atom. The Labute approximate surface area is 160 Å². The lowest BCUT2D eigenvalue weighted by Crippen LogP contribution is -2.33. The van der Waals surface area contributed by atoms with Crippen molar-refractivity contribution >= 4 is 17.0 Å². The van der Waals surface area contributed by atoms with Crippen LogP contribution in [0.15, 0.2) is 36.9 Å². The van der Waals surface area contributed by atoms with Gasteiger partial charge in [0.25, 0.3) is 0 Å². The molecule has 0 bridgehead atoms. The smallest absolute Gasteiger partial charge is 0.167 e. The minimum Gasteiger partial charge on any atom is -0.508 e. The van der Waals surface area contributed by atoms with Crippen LogP contribution in [0.2, 0.25) is 0 Å². The molecule has 10 heteroatoms. The normalized spacial score (nSPS) is 24.7. The first-order chi connectivity index (χ1) is 13.6. The van der Waals surface area contributed by atoms with Gasteiger partial charge in [0.2, 0.25) is 0 Å². The van der Waals surface area contributed by atoms with E-state index < -0.39 is 31.1 Å². The van der Waals surface area contributed by atoms with Crippen LogP contribution in [0.25, 0.3) is 11.2 Å². The van der Waals surface area contributed by atoms with E-state index in [-0.39, 0.29) is 5.75 Å². The van der Waals surface area contributed by atoms with Crippen LogP contribution >= 0.6 is 0 Å². The summed E-state index contributed by atoms with van der Waals surface area (Å²) in [4.78, 5) is 12.8. The van der Waals surface area contributed by atoms with Gasteiger partial charge in [-0.25, -0.2) is 15.0 Å². The van der Waals surface area contributed by atoms with Crippen molar-refractivity contribution in [3.05, 3.63) is 42.5 Å². The van der Waals surface area contributed by atoms with E-state index in [2.05, 4.69) is 20.3 Å². The van der Waals surface area contributed by atoms with Gasteiger partial charge >= 0.3 is 0 Å². The summed E-state index contributed by atoms with van der Waals surface area (Å²) in [6.07, 6.45) is -0.622. The van der Waals surface area contributed by atoms with Crippen molar-refractivity contribution in [2.24, 2.45) is 0 Å². The third-order valence-corrected chi connectivity index (χ3v) is 4.79. The molecule has 0 amide bonds. The molecule has 1 aliphatic rings. The minimum atomic E-state index is -1.21. The quantitative estimate of drug-likeness (QED) is 0.388. The molecule has 0 spiro atoms. The SMILES string of the molecule is OC[C@H]1O[C@@H](n2cnc3c(NCCc4ccc(O)cc4)ncnc32)[C@H](O)[C@@H]1O. The Kier molecular flexibility index (Phi) is 5.09. The Balaban J connectivity index is 1.51. The maximum atomic E-state index is 10.2. The van der Waals surface area contributed by atoms with Gasteiger partial charge in [-0.1, -0.05) is 12.1 Å². The number of imidazole rings is 1. The summed E-state index contributed by atoms with van der Waals surface area (Å²) in [6.45, 7) is 0.192. The van der Waals surface area contributed by atoms with Crippen LogP contribution < -0.4 is 5.32 Å². The number of ether oxygens (including phenoxy) is 1. The molecule has 0 saturated carbocycles. The first-order valence-corrected chi connectivity index (χ1v) is 8.90. The van der Waals surface area contributed by atoms with Gasteiger partial charge in [0, 0.05) is 6.54 Å². The molecule has 4 atom stereocenters. The van der Waals surface area contributed by atoms with Crippen LogP contribution in [0.5, 0.6) is 5.75 Å². The fourth-order valence-electron chi connectivity index (χ4n) is 3.27. The van der Waals surface area contributed by atoms with Gasteiger partial charge in [-0.3, -0.25) is 4.57 Å². The van der Waals surface area contributed by atoms with Crippen molar-refractivity contribution in [3.63, 3.8) is 0 Å². The lowest BCUT2D eigenvalue weighted by Gasteiger charge is -2.16. The Bertz CT molecular complexity index is 947. The van der Waals surface area contributed by atoms with Crippen molar-refractivity contribution in [2.75, 3.05) is 18.5 Å². The Hall–Kier alpha value is -2.79. The van der Waals surface area contributed by atoms with Crippen molar-refractivity contribution in [2.45, 2.75) is 31.0 Å². The second kappa shape index (κ2) is 7.68. The summed E-state index contributed by atoms with van der Waals surface area (Å²) < 4.78 is 7.07. The first-order valence-electron chi connectivity index (χ1n) is 8.90. The zero-order chi connectivity index (χ0) is 19.7. The average Bonchev–Trinajstić information content (AvgIpc) is 3.25. The maximum absolute atomic E-state index is 10.2. The molecule has 1 aromatic carbocycles. The van der Waals surface area contributed by atoms with E-state index in [1.807, 2.05) is 12.1 Å². The molecule has 1 saturated heterocycles. The molecule has 28 heavy (non-hydrogen) atoms. The number of anilines is 1. The van der Waals surface area contributed by atoms with Crippen LogP contribution in [-0.4, -0.2) is 71.4 Å². The molecule has 3 heterocycles. The molecule has 4 rings (SSSR count). The second-order valence-electron chi connectivity index (χ2n) is 6.62. The molecule has 1 aliphatic heterocycles. The number of nitrogens with one attached hydrogen (secondary N) is 1. The van der Waals surface area contributed by atoms with Crippen molar-refractivity contribution in [1.29, 1.82) is 0 Å². The fraction of sp³-hybridized carbons (Fsp3) is 0.389. The molecular formula is C18H21N5O5. The molecule has 0 unspecified atom stereocenters. The number of benzene rings is 1. The molecule has 3 aromatic rings. The van der Waals surface area contributed by atoms with E-state index in [9.17, 15) is 20.4 Å². The summed E-state index contributed by atoms with van der Waals surface area (Å²) >= 11 is 0. The number of nitrogens with zero attached hydrogens (tertiary/aromatic N) is 4. The number of aliphatic hydroxyl groups is 3. The van der Waals surface area contributed by atoms with Crippen molar-refractivity contribution in [1.82, 2.24) is 19.5 Å². The zero-order valence-corrected chi connectivity index (χ0v) is 14.9. The number of hydrogen-bond acceptors (Lipinski definition) is 9. The molecule has 10 nitrogen and oxygen atoms in total. The van der Waals surface area contributed by atoms with Gasteiger partial charge in [0.15, 0.2) is 23.2 Å². The lowest BCUT2D eigenvalue weighted by atomic mass is 10.1. The number of aromatic nitrogens is 4. The predicted octanol–water partition coefficient (Wildman–Crippen LogP) is -0.202. The molecular weight excluding hydrogens is 366 g/mol. The van der Waals surface area contributed by atoms with Gasteiger partial charge in [-0.2, -0.15) is 0 Å². The number of hydrogen-bond donors (Lipinski definition) is 5. The maximum Gasteiger partial charge on any atom is 0.167 e. The van der Waals surface area contributed by atoms with Crippen LogP contribution in [0.3, 0.4) is 0 Å². The summed E-state index contributed by atoms with van der Waals surface area (Å²) in [6, 6.07) is 6.98. The highest BCUT2D eigenvalue weighted by molar-refractivity contribution is 5.82. The third-order valence-electron chi connectivity index (χ3n) is 4.79. The molecule has 1 fully saturated rings. The van der Waals surface area contributed by atoms with E-state index in [1.165, 1.54) is 17.2 Å². The highest BCUT2D eigenvalue weighted by Gasteiger charge is 2.44. The average molecular weight is 387 g/mol. The van der Waals surface area contributed by atoms with Gasteiger partial charge in [-0.15, -0.1) is 0 Å². The lowest BCUT2D eigenvalue weighted by molar-refractivity contribution is -0.0511. The summed E-state index contributed by atoms with van der Waals surface area (Å²) in [5, 5.41) is 42.0. The van der Waals surface area contributed by atoms with Gasteiger partial charge in [-0.05, 0) is 24.1 Å². The van der Waals surface area contributed by atoms with E-state index >= 15 is 0 Å². The largest absolute Gasteiger partial charge is 0.508 e. The molecule has 0 aliphatic carbocycles. The Morgan fingerprint density at radius 1 is 1.07 bits per heavy atom. The Morgan fingerprint density at radius 2 is 1.86 bits per heavy atom. The standard InChI is InChI=1S/C18H21N5O5/c24-7-12-14(26)15(27)18(28-12)23-9-22-13-16(20-8-21-17(13)23)19-6-5-10-1-3-11(25)4-2-10/h1-4,8-9,12,14-15,18,24-27H,5-7H2,(H,19,20,21)/t12-,14-,15-,18-/m1/s1. The molecule has 2 aromatic heterocycles. The third kappa shape index (κ3) is 3.38. The number of aliphatic hydroxyl groups excluding tert-OH is 3. The van der Waals surface area contributed by atoms with Crippen LogP contribution in [0, 0.1) is 0 Å². The van der Waals surface area contributed by atoms with E-state index in [0.717, 1.165) is 12.0 Å². The first kappa shape index (κ1) is 18.6. The van der Waals surface area contributed by atoms with Crippen LogP contribution in [-0.2, 0) is 11.2 Å². The monoisotopic (exact) mass is 387 g/mol. The van der Waals surface area contributed by atoms with Gasteiger partial charge in [0.05, 0.1) is 12.9 Å². The highest BCUT2D eigenvalue weighted by atomic mass is 16.6. The zero-order valence-electron chi connectivity index (χ0n) is 14.9. The topological polar surface area (TPSA) is 146 Å². The van der Waals surface area contributed by atoms with Gasteiger partial charge < -0.3 is 30.5 Å². The highest BCUT2D eigenvalue weighted by Crippen LogP contribution is 2.32. The van der Waals surface area contributed by atoms with Crippen LogP contribution in [0.1, 0.15) is 11.8 Å². The molecule has 5 N–H and O–H groups in total. The number of phenols is 1. The number of aromatic hydroxyl groups is 1. The van der Waals surface area contributed by atoms with E-state index in [1.54, 1.807) is 12.1 Å². The van der Waals surface area contributed by atoms with Crippen molar-refractivity contribution < 1.29 is 25.2 Å². The summed E-state index contributed by atoms with van der Waals surface area (Å²) in [5.41, 5.74) is 2.01. The van der Waals surface area contributed by atoms with E-state index in [0.29, 0.717) is 23.5 Å². The number of phenolic OH excluding ortho intramolecular Hbond substituents is 1. The van der Waals surface area contributed by atoms with E-state index in [4.69, 9.17) is 4.74 Å². The predicted molar refractivity (Wildman–Crippen MR) is 98.6 cm³/mol. The number of rotatable bonds is 6. The van der Waals surface area contributed by atoms with Crippen LogP contribution in [0.4, 0.5) is 5.82 Å². The summed E-state index contributed by atoms with van der Waals surface area (Å²) in [7, 11) is 0. The second-order valence-corrected chi connectivity index (χ2v) is 6.62. The number of fused-ring (bicyclic) bond motifs is 1. The minimum absolute atomic E-state index is 0.227. The molecule has 148 valence electrons. The van der Waals surface area contributed by atoms with Crippen molar-refractivity contribution in [3.8, 4) is 5.75 Å².